The highest BCUT2D eigenvalue weighted by Crippen LogP contribution is 2.70. The summed E-state index contributed by atoms with van der Waals surface area (Å²) in [7, 11) is 0. The Morgan fingerprint density at radius 2 is 1.97 bits per heavy atom. The topological polar surface area (TPSA) is 61.7 Å². The van der Waals surface area contributed by atoms with E-state index in [-0.39, 0.29) is 11.8 Å². The van der Waals surface area contributed by atoms with Gasteiger partial charge in [-0.3, -0.25) is 5.32 Å². The van der Waals surface area contributed by atoms with E-state index in [0.717, 1.165) is 50.0 Å². The number of aliphatic hydroxyl groups excluding tert-OH is 2. The summed E-state index contributed by atoms with van der Waals surface area (Å²) in [6, 6.07) is 0. The number of aliphatic hydroxyl groups is 2. The van der Waals surface area contributed by atoms with Crippen molar-refractivity contribution in [3.63, 3.8) is 0 Å². The minimum atomic E-state index is -0.156. The van der Waals surface area contributed by atoms with Crippen LogP contribution in [0.1, 0.15) is 78.6 Å². The SMILES string of the molecule is CC1C2C(CC3C4CC=C5CC(O)CCC5(C)C4CCC32C)OC12CCC(CO)CN2. The second-order valence-corrected chi connectivity index (χ2v) is 12.8. The van der Waals surface area contributed by atoms with Gasteiger partial charge in [-0.2, -0.15) is 0 Å². The molecule has 0 aromatic carbocycles. The third-order valence-corrected chi connectivity index (χ3v) is 11.7. The van der Waals surface area contributed by atoms with Crippen molar-refractivity contribution in [2.75, 3.05) is 13.2 Å². The van der Waals surface area contributed by atoms with Crippen LogP contribution in [0.2, 0.25) is 0 Å². The van der Waals surface area contributed by atoms with Gasteiger partial charge in [0.25, 0.3) is 0 Å². The number of allylic oxidation sites excluding steroid dienone is 1. The molecule has 0 aromatic rings. The van der Waals surface area contributed by atoms with Crippen molar-refractivity contribution in [3.8, 4) is 0 Å². The van der Waals surface area contributed by atoms with Crippen LogP contribution < -0.4 is 5.32 Å². The molecule has 3 saturated carbocycles. The molecule has 5 fully saturated rings. The lowest BCUT2D eigenvalue weighted by Crippen LogP contribution is -2.57. The minimum absolute atomic E-state index is 0.116. The van der Waals surface area contributed by atoms with Gasteiger partial charge >= 0.3 is 0 Å². The summed E-state index contributed by atoms with van der Waals surface area (Å²) in [5.41, 5.74) is 2.12. The first-order chi connectivity index (χ1) is 14.8. The van der Waals surface area contributed by atoms with Gasteiger partial charge < -0.3 is 14.9 Å². The Balaban J connectivity index is 1.26. The van der Waals surface area contributed by atoms with Crippen molar-refractivity contribution in [3.05, 3.63) is 11.6 Å². The molecule has 0 aromatic heterocycles. The molecule has 11 unspecified atom stereocenters. The highest BCUT2D eigenvalue weighted by atomic mass is 16.5. The quantitative estimate of drug-likeness (QED) is 0.545. The molecule has 2 heterocycles. The van der Waals surface area contributed by atoms with Gasteiger partial charge in [0.15, 0.2) is 0 Å². The van der Waals surface area contributed by atoms with E-state index in [4.69, 9.17) is 4.74 Å². The molecular weight excluding hydrogens is 386 g/mol. The molecular formula is C27H43NO3. The van der Waals surface area contributed by atoms with Crippen LogP contribution in [0.4, 0.5) is 0 Å². The number of nitrogens with one attached hydrogen (secondary N) is 1. The lowest BCUT2D eigenvalue weighted by atomic mass is 9.47. The smallest absolute Gasteiger partial charge is 0.122 e. The van der Waals surface area contributed by atoms with Crippen LogP contribution in [-0.2, 0) is 4.74 Å². The van der Waals surface area contributed by atoms with Crippen LogP contribution in [0.5, 0.6) is 0 Å². The molecule has 4 nitrogen and oxygen atoms in total. The summed E-state index contributed by atoms with van der Waals surface area (Å²) in [5, 5.41) is 23.6. The first-order valence-corrected chi connectivity index (χ1v) is 13.2. The van der Waals surface area contributed by atoms with Crippen LogP contribution in [0.25, 0.3) is 0 Å². The van der Waals surface area contributed by atoms with Crippen molar-refractivity contribution in [1.82, 2.24) is 5.32 Å². The van der Waals surface area contributed by atoms with E-state index in [2.05, 4.69) is 32.2 Å². The van der Waals surface area contributed by atoms with Gasteiger partial charge in [-0.25, -0.2) is 0 Å². The molecule has 0 radical (unpaired) electrons. The summed E-state index contributed by atoms with van der Waals surface area (Å²) in [6.07, 6.45) is 13.2. The van der Waals surface area contributed by atoms with Crippen molar-refractivity contribution < 1.29 is 14.9 Å². The summed E-state index contributed by atoms with van der Waals surface area (Å²) < 4.78 is 6.96. The number of hydrogen-bond acceptors (Lipinski definition) is 4. The lowest BCUT2D eigenvalue weighted by Gasteiger charge is -2.58. The highest BCUT2D eigenvalue weighted by molar-refractivity contribution is 5.26. The highest BCUT2D eigenvalue weighted by Gasteiger charge is 2.68. The average Bonchev–Trinajstić information content (AvgIpc) is 3.20. The van der Waals surface area contributed by atoms with Crippen LogP contribution >= 0.6 is 0 Å². The third-order valence-electron chi connectivity index (χ3n) is 11.7. The van der Waals surface area contributed by atoms with Gasteiger partial charge in [0.1, 0.15) is 5.72 Å². The maximum Gasteiger partial charge on any atom is 0.122 e. The van der Waals surface area contributed by atoms with Gasteiger partial charge in [-0.1, -0.05) is 32.4 Å². The molecule has 174 valence electrons. The second-order valence-electron chi connectivity index (χ2n) is 12.8. The summed E-state index contributed by atoms with van der Waals surface area (Å²) >= 11 is 0. The molecule has 4 aliphatic carbocycles. The third kappa shape index (κ3) is 2.80. The molecule has 3 N–H and O–H groups in total. The zero-order valence-corrected chi connectivity index (χ0v) is 19.8. The van der Waals surface area contributed by atoms with Crippen molar-refractivity contribution in [1.29, 1.82) is 0 Å². The van der Waals surface area contributed by atoms with Gasteiger partial charge in [0.05, 0.1) is 12.2 Å². The molecule has 2 aliphatic heterocycles. The van der Waals surface area contributed by atoms with Crippen LogP contribution in [-0.4, -0.2) is 41.3 Å². The van der Waals surface area contributed by atoms with E-state index in [1.54, 1.807) is 5.57 Å². The van der Waals surface area contributed by atoms with E-state index in [0.29, 0.717) is 41.3 Å². The molecule has 11 atom stereocenters. The van der Waals surface area contributed by atoms with Crippen LogP contribution in [0.3, 0.4) is 0 Å². The minimum Gasteiger partial charge on any atom is -0.396 e. The Bertz CT molecular complexity index is 758. The fourth-order valence-corrected chi connectivity index (χ4v) is 9.92. The summed E-state index contributed by atoms with van der Waals surface area (Å²) in [6.45, 7) is 8.78. The van der Waals surface area contributed by atoms with E-state index in [9.17, 15) is 10.2 Å². The zero-order chi connectivity index (χ0) is 21.6. The van der Waals surface area contributed by atoms with Crippen molar-refractivity contribution in [2.45, 2.75) is 96.5 Å². The largest absolute Gasteiger partial charge is 0.396 e. The summed E-state index contributed by atoms with van der Waals surface area (Å²) in [5.74, 6) is 3.94. The molecule has 2 saturated heterocycles. The Morgan fingerprint density at radius 3 is 2.71 bits per heavy atom. The zero-order valence-electron chi connectivity index (χ0n) is 19.8. The van der Waals surface area contributed by atoms with Gasteiger partial charge in [-0.05, 0) is 98.2 Å². The van der Waals surface area contributed by atoms with Crippen LogP contribution in [0.15, 0.2) is 11.6 Å². The Kier molecular flexibility index (Phi) is 4.80. The second kappa shape index (κ2) is 7.04. The number of hydrogen-bond donors (Lipinski definition) is 3. The Labute approximate surface area is 188 Å². The molecule has 0 amide bonds. The maximum atomic E-state index is 10.3. The van der Waals surface area contributed by atoms with E-state index < -0.39 is 0 Å². The number of rotatable bonds is 1. The first-order valence-electron chi connectivity index (χ1n) is 13.2. The Hall–Kier alpha value is -0.420. The monoisotopic (exact) mass is 429 g/mol. The van der Waals surface area contributed by atoms with Crippen LogP contribution in [0, 0.1) is 46.3 Å². The van der Waals surface area contributed by atoms with Gasteiger partial charge in [0, 0.05) is 19.1 Å². The molecule has 4 heteroatoms. The average molecular weight is 430 g/mol. The normalized spacial score (nSPS) is 58.3. The Morgan fingerprint density at radius 1 is 1.13 bits per heavy atom. The number of fused-ring (bicyclic) bond motifs is 7. The number of piperidine rings is 1. The predicted molar refractivity (Wildman–Crippen MR) is 121 cm³/mol. The standard InChI is InChI=1S/C27H43NO3/c1-16-24-23(31-27(16)11-6-17(15-29)14-28-27)13-22-20-5-4-18-12-19(30)7-9-25(18,2)21(20)8-10-26(22,24)3/h4,16-17,19-24,28-30H,5-15H2,1-3H3. The van der Waals surface area contributed by atoms with Gasteiger partial charge in [-0.15, -0.1) is 0 Å². The van der Waals surface area contributed by atoms with E-state index in [1.807, 2.05) is 0 Å². The lowest BCUT2D eigenvalue weighted by molar-refractivity contribution is -0.118. The first kappa shape index (κ1) is 21.1. The predicted octanol–water partition coefficient (Wildman–Crippen LogP) is 4.26. The molecule has 1 spiro atoms. The molecule has 6 aliphatic rings. The van der Waals surface area contributed by atoms with E-state index >= 15 is 0 Å². The number of ether oxygens (including phenoxy) is 1. The molecule has 31 heavy (non-hydrogen) atoms. The fraction of sp³-hybridized carbons (Fsp3) is 0.926. The fourth-order valence-electron chi connectivity index (χ4n) is 9.92. The van der Waals surface area contributed by atoms with Crippen molar-refractivity contribution >= 4 is 0 Å². The molecule has 0 bridgehead atoms. The summed E-state index contributed by atoms with van der Waals surface area (Å²) in [4.78, 5) is 0. The van der Waals surface area contributed by atoms with Crippen molar-refractivity contribution in [2.24, 2.45) is 46.3 Å². The molecule has 6 rings (SSSR count). The maximum absolute atomic E-state index is 10.3. The van der Waals surface area contributed by atoms with Gasteiger partial charge in [0.2, 0.25) is 0 Å². The van der Waals surface area contributed by atoms with E-state index in [1.165, 1.54) is 32.1 Å².